The molecule has 0 saturated heterocycles. The SMILES string of the molecule is Oc1ccc(C(Cl)(Cl)Cl)c(C=Cc2nnco2)c1. The number of hydrogen-bond donors (Lipinski definition) is 1. The van der Waals surface area contributed by atoms with Crippen LogP contribution in [0.15, 0.2) is 29.0 Å². The number of hydrogen-bond acceptors (Lipinski definition) is 4. The Kier molecular flexibility index (Phi) is 3.80. The Morgan fingerprint density at radius 3 is 2.61 bits per heavy atom. The second-order valence-electron chi connectivity index (χ2n) is 3.38. The minimum Gasteiger partial charge on any atom is -0.508 e. The van der Waals surface area contributed by atoms with Gasteiger partial charge in [-0.2, -0.15) is 0 Å². The Labute approximate surface area is 118 Å². The molecule has 1 N–H and O–H groups in total. The van der Waals surface area contributed by atoms with Crippen molar-refractivity contribution in [2.24, 2.45) is 0 Å². The smallest absolute Gasteiger partial charge is 0.240 e. The van der Waals surface area contributed by atoms with Crippen molar-refractivity contribution in [3.8, 4) is 5.75 Å². The lowest BCUT2D eigenvalue weighted by Crippen LogP contribution is -2.02. The highest BCUT2D eigenvalue weighted by atomic mass is 35.6. The fourth-order valence-electron chi connectivity index (χ4n) is 1.36. The predicted molar refractivity (Wildman–Crippen MR) is 70.6 cm³/mol. The third-order valence-corrected chi connectivity index (χ3v) is 2.73. The van der Waals surface area contributed by atoms with E-state index in [-0.39, 0.29) is 5.75 Å². The van der Waals surface area contributed by atoms with Gasteiger partial charge in [-0.05, 0) is 23.8 Å². The number of alkyl halides is 3. The second-order valence-corrected chi connectivity index (χ2v) is 5.66. The summed E-state index contributed by atoms with van der Waals surface area (Å²) in [4.78, 5) is 0. The van der Waals surface area contributed by atoms with Crippen molar-refractivity contribution in [3.05, 3.63) is 41.6 Å². The van der Waals surface area contributed by atoms with Crippen LogP contribution in [0.2, 0.25) is 0 Å². The Morgan fingerprint density at radius 2 is 2.00 bits per heavy atom. The summed E-state index contributed by atoms with van der Waals surface area (Å²) >= 11 is 17.5. The number of benzene rings is 1. The maximum absolute atomic E-state index is 9.45. The Balaban J connectivity index is 2.40. The molecule has 2 aromatic rings. The van der Waals surface area contributed by atoms with E-state index in [0.29, 0.717) is 17.0 Å². The normalized spacial score (nSPS) is 12.2. The first kappa shape index (κ1) is 13.2. The largest absolute Gasteiger partial charge is 0.508 e. The van der Waals surface area contributed by atoms with Gasteiger partial charge in [-0.15, -0.1) is 10.2 Å². The van der Waals surface area contributed by atoms with E-state index < -0.39 is 3.79 Å². The molecule has 0 amide bonds. The number of rotatable bonds is 2. The van der Waals surface area contributed by atoms with Crippen LogP contribution >= 0.6 is 34.8 Å². The summed E-state index contributed by atoms with van der Waals surface area (Å²) < 4.78 is 3.36. The van der Waals surface area contributed by atoms with Crippen molar-refractivity contribution in [3.63, 3.8) is 0 Å². The van der Waals surface area contributed by atoms with E-state index in [1.807, 2.05) is 0 Å². The van der Waals surface area contributed by atoms with E-state index in [9.17, 15) is 5.11 Å². The van der Waals surface area contributed by atoms with Gasteiger partial charge in [-0.1, -0.05) is 40.9 Å². The first-order chi connectivity index (χ1) is 8.47. The Morgan fingerprint density at radius 1 is 1.22 bits per heavy atom. The molecule has 0 aliphatic heterocycles. The Bertz CT molecular complexity index is 562. The van der Waals surface area contributed by atoms with Crippen molar-refractivity contribution in [1.82, 2.24) is 10.2 Å². The fourth-order valence-corrected chi connectivity index (χ4v) is 1.88. The summed E-state index contributed by atoms with van der Waals surface area (Å²) in [6.07, 6.45) is 4.38. The molecule has 4 nitrogen and oxygen atoms in total. The van der Waals surface area contributed by atoms with Gasteiger partial charge in [-0.3, -0.25) is 0 Å². The predicted octanol–water partition coefficient (Wildman–Crippen LogP) is 3.77. The van der Waals surface area contributed by atoms with E-state index >= 15 is 0 Å². The molecule has 0 saturated carbocycles. The fraction of sp³-hybridized carbons (Fsp3) is 0.0909. The van der Waals surface area contributed by atoms with Gasteiger partial charge in [-0.25, -0.2) is 0 Å². The van der Waals surface area contributed by atoms with Crippen molar-refractivity contribution in [2.45, 2.75) is 3.79 Å². The lowest BCUT2D eigenvalue weighted by Gasteiger charge is -2.14. The molecule has 1 aromatic carbocycles. The van der Waals surface area contributed by atoms with Crippen LogP contribution in [0, 0.1) is 0 Å². The molecule has 94 valence electrons. The highest BCUT2D eigenvalue weighted by Crippen LogP contribution is 2.41. The topological polar surface area (TPSA) is 59.2 Å². The standard InChI is InChI=1S/C11H7Cl3N2O2/c12-11(13,14)9-3-2-8(17)5-7(9)1-4-10-16-15-6-18-10/h1-6,17H. The molecule has 0 atom stereocenters. The minimum absolute atomic E-state index is 0.0678. The summed E-state index contributed by atoms with van der Waals surface area (Å²) in [7, 11) is 0. The maximum atomic E-state index is 9.45. The Hall–Kier alpha value is -1.23. The molecule has 0 bridgehead atoms. The van der Waals surface area contributed by atoms with Gasteiger partial charge in [0.25, 0.3) is 0 Å². The number of halogens is 3. The number of phenolic OH excluding ortho intramolecular Hbond substituents is 1. The maximum Gasteiger partial charge on any atom is 0.240 e. The summed E-state index contributed by atoms with van der Waals surface area (Å²) in [6, 6.07) is 4.46. The summed E-state index contributed by atoms with van der Waals surface area (Å²) in [6.45, 7) is 0. The van der Waals surface area contributed by atoms with Crippen molar-refractivity contribution in [1.29, 1.82) is 0 Å². The number of aromatic hydroxyl groups is 1. The van der Waals surface area contributed by atoms with Gasteiger partial charge < -0.3 is 9.52 Å². The van der Waals surface area contributed by atoms with Gasteiger partial charge in [0.2, 0.25) is 16.1 Å². The van der Waals surface area contributed by atoms with Gasteiger partial charge in [0, 0.05) is 11.6 Å². The first-order valence-electron chi connectivity index (χ1n) is 4.81. The van der Waals surface area contributed by atoms with Crippen LogP contribution in [-0.2, 0) is 3.79 Å². The van der Waals surface area contributed by atoms with Crippen molar-refractivity contribution < 1.29 is 9.52 Å². The molecule has 0 radical (unpaired) electrons. The van der Waals surface area contributed by atoms with Crippen LogP contribution in [0.5, 0.6) is 5.75 Å². The highest BCUT2D eigenvalue weighted by molar-refractivity contribution is 6.66. The van der Waals surface area contributed by atoms with E-state index in [1.54, 1.807) is 12.2 Å². The third-order valence-electron chi connectivity index (χ3n) is 2.12. The van der Waals surface area contributed by atoms with Crippen molar-refractivity contribution >= 4 is 47.0 Å². The zero-order chi connectivity index (χ0) is 13.2. The van der Waals surface area contributed by atoms with Gasteiger partial charge >= 0.3 is 0 Å². The first-order valence-corrected chi connectivity index (χ1v) is 5.94. The van der Waals surface area contributed by atoms with Crippen LogP contribution < -0.4 is 0 Å². The average molecular weight is 306 g/mol. The number of phenols is 1. The van der Waals surface area contributed by atoms with Gasteiger partial charge in [0.05, 0.1) is 0 Å². The lowest BCUT2D eigenvalue weighted by atomic mass is 10.1. The third kappa shape index (κ3) is 3.16. The average Bonchev–Trinajstić information content (AvgIpc) is 2.77. The summed E-state index contributed by atoms with van der Waals surface area (Å²) in [5.74, 6) is 0.381. The van der Waals surface area contributed by atoms with Gasteiger partial charge in [0.1, 0.15) is 5.75 Å². The summed E-state index contributed by atoms with van der Waals surface area (Å²) in [5, 5.41) is 16.7. The molecule has 0 spiro atoms. The monoisotopic (exact) mass is 304 g/mol. The zero-order valence-electron chi connectivity index (χ0n) is 8.85. The van der Waals surface area contributed by atoms with Gasteiger partial charge in [0.15, 0.2) is 0 Å². The number of nitrogens with zero attached hydrogens (tertiary/aromatic N) is 2. The van der Waals surface area contributed by atoms with Crippen LogP contribution in [0.25, 0.3) is 12.2 Å². The zero-order valence-corrected chi connectivity index (χ0v) is 11.1. The van der Waals surface area contributed by atoms with Crippen LogP contribution in [-0.4, -0.2) is 15.3 Å². The van der Waals surface area contributed by atoms with Crippen molar-refractivity contribution in [2.75, 3.05) is 0 Å². The summed E-state index contributed by atoms with van der Waals surface area (Å²) in [5.41, 5.74) is 0.995. The molecule has 0 unspecified atom stereocenters. The molecule has 0 fully saturated rings. The quantitative estimate of drug-likeness (QED) is 0.858. The van der Waals surface area contributed by atoms with E-state index in [1.165, 1.54) is 24.6 Å². The van der Waals surface area contributed by atoms with Crippen LogP contribution in [0.1, 0.15) is 17.0 Å². The van der Waals surface area contributed by atoms with Crippen LogP contribution in [0.4, 0.5) is 0 Å². The molecule has 2 rings (SSSR count). The molecule has 18 heavy (non-hydrogen) atoms. The molecule has 1 aromatic heterocycles. The minimum atomic E-state index is -1.58. The molecule has 0 aliphatic rings. The highest BCUT2D eigenvalue weighted by Gasteiger charge is 2.25. The van der Waals surface area contributed by atoms with E-state index in [4.69, 9.17) is 39.2 Å². The van der Waals surface area contributed by atoms with E-state index in [2.05, 4.69) is 10.2 Å². The molecular formula is C11H7Cl3N2O2. The van der Waals surface area contributed by atoms with E-state index in [0.717, 1.165) is 0 Å². The molecular weight excluding hydrogens is 298 g/mol. The second kappa shape index (κ2) is 5.18. The number of aromatic nitrogens is 2. The molecule has 7 heteroatoms. The molecule has 0 aliphatic carbocycles. The molecule has 1 heterocycles. The lowest BCUT2D eigenvalue weighted by molar-refractivity contribution is 0.475. The van der Waals surface area contributed by atoms with Crippen LogP contribution in [0.3, 0.4) is 0 Å².